The molecule has 4 N–H and O–H groups in total. The largest absolute Gasteiger partial charge is 0.494 e. The van der Waals surface area contributed by atoms with Gasteiger partial charge in [-0.05, 0) is 42.7 Å². The fourth-order valence-electron chi connectivity index (χ4n) is 3.66. The van der Waals surface area contributed by atoms with Gasteiger partial charge in [-0.1, -0.05) is 30.3 Å². The Morgan fingerprint density at radius 3 is 2.27 bits per heavy atom. The Bertz CT molecular complexity index is 994. The zero-order chi connectivity index (χ0) is 23.8. The number of unbranched alkanes of at least 4 members (excludes halogenated alkanes) is 1. The van der Waals surface area contributed by atoms with E-state index in [-0.39, 0.29) is 12.4 Å². The fraction of sp³-hybridized carbons (Fsp3) is 0.333. The number of benzene rings is 2. The molecule has 1 unspecified atom stereocenters. The Labute approximate surface area is 192 Å². The molecular formula is C24H28N4O5. The van der Waals surface area contributed by atoms with E-state index in [9.17, 15) is 19.5 Å². The lowest BCUT2D eigenvalue weighted by atomic mass is 9.98. The van der Waals surface area contributed by atoms with Crippen LogP contribution in [0.25, 0.3) is 0 Å². The van der Waals surface area contributed by atoms with Crippen LogP contribution in [0, 0.1) is 5.41 Å². The Kier molecular flexibility index (Phi) is 8.01. The van der Waals surface area contributed by atoms with Gasteiger partial charge in [0.2, 0.25) is 0 Å². The number of amides is 2. The summed E-state index contributed by atoms with van der Waals surface area (Å²) in [7, 11) is 0. The molecule has 9 nitrogen and oxygen atoms in total. The average molecular weight is 453 g/mol. The van der Waals surface area contributed by atoms with Crippen molar-refractivity contribution < 1.29 is 24.2 Å². The normalized spacial score (nSPS) is 14.8. The number of nitrogens with two attached hydrogens (primary N) is 1. The maximum atomic E-state index is 12.6. The van der Waals surface area contributed by atoms with E-state index in [4.69, 9.17) is 15.9 Å². The number of piperazine rings is 1. The highest BCUT2D eigenvalue weighted by Gasteiger charge is 2.35. The third kappa shape index (κ3) is 6.31. The minimum Gasteiger partial charge on any atom is -0.494 e. The first-order valence-corrected chi connectivity index (χ1v) is 10.8. The van der Waals surface area contributed by atoms with E-state index >= 15 is 0 Å². The van der Waals surface area contributed by atoms with Gasteiger partial charge >= 0.3 is 17.8 Å². The van der Waals surface area contributed by atoms with E-state index in [2.05, 4.69) is 0 Å². The number of ether oxygens (including phenoxy) is 1. The number of hydrogen-bond acceptors (Lipinski definition) is 5. The summed E-state index contributed by atoms with van der Waals surface area (Å²) in [6, 6.07) is 15.6. The van der Waals surface area contributed by atoms with Crippen molar-refractivity contribution >= 4 is 23.6 Å². The lowest BCUT2D eigenvalue weighted by molar-refractivity contribution is -0.157. The molecule has 2 aromatic carbocycles. The van der Waals surface area contributed by atoms with Crippen molar-refractivity contribution in [1.82, 2.24) is 9.80 Å². The molecule has 0 bridgehead atoms. The van der Waals surface area contributed by atoms with Crippen LogP contribution in [0.5, 0.6) is 5.75 Å². The SMILES string of the molecule is N=C(N)c1ccc(OCCCCN2CCN(CC(C(=O)O)c3ccccc3)C(=O)C2=O)cc1. The first-order chi connectivity index (χ1) is 15.9. The molecule has 1 atom stereocenters. The number of nitrogens with zero attached hydrogens (tertiary/aromatic N) is 2. The van der Waals surface area contributed by atoms with Crippen LogP contribution in [0.4, 0.5) is 0 Å². The van der Waals surface area contributed by atoms with Gasteiger partial charge in [-0.25, -0.2) is 0 Å². The standard InChI is InChI=1S/C24H28N4O5/c25-21(26)18-8-10-19(11-9-18)33-15-5-4-12-27-13-14-28(23(30)22(27)29)16-20(24(31)32)17-6-2-1-3-7-17/h1-3,6-11,20H,4-5,12-16H2,(H3,25,26)(H,31,32). The molecule has 0 spiro atoms. The predicted molar refractivity (Wildman–Crippen MR) is 122 cm³/mol. The number of nitrogens with one attached hydrogen (secondary N) is 1. The molecule has 1 saturated heterocycles. The van der Waals surface area contributed by atoms with Crippen LogP contribution < -0.4 is 10.5 Å². The molecular weight excluding hydrogens is 424 g/mol. The molecule has 0 saturated carbocycles. The maximum Gasteiger partial charge on any atom is 0.312 e. The Balaban J connectivity index is 1.43. The summed E-state index contributed by atoms with van der Waals surface area (Å²) >= 11 is 0. The lowest BCUT2D eigenvalue weighted by Gasteiger charge is -2.35. The average Bonchev–Trinajstić information content (AvgIpc) is 2.81. The van der Waals surface area contributed by atoms with Crippen LogP contribution in [0.15, 0.2) is 54.6 Å². The van der Waals surface area contributed by atoms with Crippen molar-refractivity contribution in [2.75, 3.05) is 32.8 Å². The van der Waals surface area contributed by atoms with Crippen LogP contribution in [0.3, 0.4) is 0 Å². The minimum atomic E-state index is -1.03. The molecule has 33 heavy (non-hydrogen) atoms. The van der Waals surface area contributed by atoms with E-state index in [1.54, 1.807) is 54.6 Å². The Morgan fingerprint density at radius 1 is 1.00 bits per heavy atom. The van der Waals surface area contributed by atoms with Gasteiger partial charge < -0.3 is 25.4 Å². The summed E-state index contributed by atoms with van der Waals surface area (Å²) in [5.41, 5.74) is 6.65. The molecule has 1 aliphatic rings. The van der Waals surface area contributed by atoms with E-state index < -0.39 is 23.7 Å². The molecule has 2 aromatic rings. The van der Waals surface area contributed by atoms with Gasteiger partial charge in [0.15, 0.2) is 0 Å². The van der Waals surface area contributed by atoms with Gasteiger partial charge in [0.05, 0.1) is 12.5 Å². The van der Waals surface area contributed by atoms with Crippen LogP contribution in [-0.4, -0.2) is 71.3 Å². The quantitative estimate of drug-likeness (QED) is 0.205. The summed E-state index contributed by atoms with van der Waals surface area (Å²) < 4.78 is 5.66. The highest BCUT2D eigenvalue weighted by Crippen LogP contribution is 2.19. The third-order valence-corrected chi connectivity index (χ3v) is 5.56. The molecule has 3 rings (SSSR count). The Hall–Kier alpha value is -3.88. The summed E-state index contributed by atoms with van der Waals surface area (Å²) in [5, 5.41) is 17.0. The van der Waals surface area contributed by atoms with Crippen molar-refractivity contribution in [3.8, 4) is 5.75 Å². The maximum absolute atomic E-state index is 12.6. The monoisotopic (exact) mass is 452 g/mol. The number of carboxylic acid groups (broad SMARTS) is 1. The van der Waals surface area contributed by atoms with Gasteiger partial charge in [-0.3, -0.25) is 19.8 Å². The first-order valence-electron chi connectivity index (χ1n) is 10.8. The zero-order valence-electron chi connectivity index (χ0n) is 18.3. The van der Waals surface area contributed by atoms with Crippen molar-refractivity contribution in [2.45, 2.75) is 18.8 Å². The van der Waals surface area contributed by atoms with Crippen LogP contribution in [0.2, 0.25) is 0 Å². The number of hydrogen-bond donors (Lipinski definition) is 3. The number of aliphatic carboxylic acids is 1. The molecule has 1 heterocycles. The van der Waals surface area contributed by atoms with E-state index in [1.807, 2.05) is 0 Å². The first kappa shape index (κ1) is 23.8. The second-order valence-electron chi connectivity index (χ2n) is 7.84. The lowest BCUT2D eigenvalue weighted by Crippen LogP contribution is -2.55. The molecule has 0 radical (unpaired) electrons. The van der Waals surface area contributed by atoms with Gasteiger partial charge in [-0.15, -0.1) is 0 Å². The number of carboxylic acids is 1. The second kappa shape index (κ2) is 11.1. The van der Waals surface area contributed by atoms with Gasteiger partial charge in [0.25, 0.3) is 0 Å². The van der Waals surface area contributed by atoms with E-state index in [0.29, 0.717) is 56.0 Å². The molecule has 1 aliphatic heterocycles. The highest BCUT2D eigenvalue weighted by molar-refractivity contribution is 6.35. The fourth-order valence-corrected chi connectivity index (χ4v) is 3.66. The summed E-state index contributed by atoms with van der Waals surface area (Å²) in [6.07, 6.45) is 1.37. The molecule has 0 aliphatic carbocycles. The third-order valence-electron chi connectivity index (χ3n) is 5.56. The number of nitrogen functional groups attached to an aromatic ring is 1. The summed E-state index contributed by atoms with van der Waals surface area (Å²) in [5.74, 6) is -2.49. The van der Waals surface area contributed by atoms with Crippen molar-refractivity contribution in [3.05, 3.63) is 65.7 Å². The highest BCUT2D eigenvalue weighted by atomic mass is 16.5. The second-order valence-corrected chi connectivity index (χ2v) is 7.84. The smallest absolute Gasteiger partial charge is 0.312 e. The molecule has 174 valence electrons. The summed E-state index contributed by atoms with van der Waals surface area (Å²) in [6.45, 7) is 1.54. The summed E-state index contributed by atoms with van der Waals surface area (Å²) in [4.78, 5) is 39.7. The van der Waals surface area contributed by atoms with Crippen molar-refractivity contribution in [3.63, 3.8) is 0 Å². The van der Waals surface area contributed by atoms with Crippen molar-refractivity contribution in [1.29, 1.82) is 5.41 Å². The number of carbonyl (C=O) groups is 3. The van der Waals surface area contributed by atoms with Crippen molar-refractivity contribution in [2.24, 2.45) is 5.73 Å². The van der Waals surface area contributed by atoms with Gasteiger partial charge in [-0.2, -0.15) is 0 Å². The minimum absolute atomic E-state index is 0.000548. The molecule has 1 fully saturated rings. The molecule has 9 heteroatoms. The zero-order valence-corrected chi connectivity index (χ0v) is 18.3. The van der Waals surface area contributed by atoms with Crippen LogP contribution >= 0.6 is 0 Å². The van der Waals surface area contributed by atoms with Crippen LogP contribution in [0.1, 0.15) is 29.9 Å². The van der Waals surface area contributed by atoms with E-state index in [0.717, 1.165) is 0 Å². The Morgan fingerprint density at radius 2 is 1.64 bits per heavy atom. The number of rotatable bonds is 11. The molecule has 0 aromatic heterocycles. The number of amidine groups is 1. The topological polar surface area (TPSA) is 137 Å². The van der Waals surface area contributed by atoms with Gasteiger partial charge in [0, 0.05) is 31.7 Å². The van der Waals surface area contributed by atoms with Crippen LogP contribution in [-0.2, 0) is 14.4 Å². The van der Waals surface area contributed by atoms with Gasteiger partial charge in [0.1, 0.15) is 11.6 Å². The predicted octanol–water partition coefficient (Wildman–Crippen LogP) is 1.67. The number of carbonyl (C=O) groups excluding carboxylic acids is 2. The van der Waals surface area contributed by atoms with E-state index in [1.165, 1.54) is 9.80 Å². The molecule has 2 amide bonds.